The zero-order valence-electron chi connectivity index (χ0n) is 17.5. The van der Waals surface area contributed by atoms with Crippen LogP contribution in [0.15, 0.2) is 23.2 Å². The van der Waals surface area contributed by atoms with Gasteiger partial charge < -0.3 is 20.5 Å². The zero-order valence-corrected chi connectivity index (χ0v) is 19.9. The Kier molecular flexibility index (Phi) is 14.4. The molecule has 0 aliphatic heterocycles. The minimum Gasteiger partial charge on any atom is -0.494 e. The van der Waals surface area contributed by atoms with E-state index in [0.717, 1.165) is 48.8 Å². The van der Waals surface area contributed by atoms with Crippen LogP contribution in [0.4, 0.5) is 0 Å². The van der Waals surface area contributed by atoms with E-state index in [4.69, 9.17) is 9.73 Å². The summed E-state index contributed by atoms with van der Waals surface area (Å²) in [6, 6.07) is 6.22. The van der Waals surface area contributed by atoms with Crippen LogP contribution in [-0.2, 0) is 6.54 Å². The van der Waals surface area contributed by atoms with Crippen molar-refractivity contribution >= 4 is 29.9 Å². The summed E-state index contributed by atoms with van der Waals surface area (Å²) in [5, 5.41) is 16.0. The first-order chi connectivity index (χ1) is 12.5. The fraction of sp³-hybridized carbons (Fsp3) is 0.667. The van der Waals surface area contributed by atoms with Gasteiger partial charge in [-0.15, -0.1) is 24.0 Å². The lowest BCUT2D eigenvalue weighted by Gasteiger charge is -2.20. The van der Waals surface area contributed by atoms with Crippen molar-refractivity contribution in [2.45, 2.75) is 54.0 Å². The first-order valence-corrected chi connectivity index (χ1v) is 9.85. The first kappa shape index (κ1) is 26.0. The summed E-state index contributed by atoms with van der Waals surface area (Å²) in [4.78, 5) is 4.70. The second-order valence-electron chi connectivity index (χ2n) is 7.12. The van der Waals surface area contributed by atoms with E-state index in [-0.39, 0.29) is 30.6 Å². The molecule has 0 fully saturated rings. The molecule has 27 heavy (non-hydrogen) atoms. The van der Waals surface area contributed by atoms with Crippen LogP contribution in [0.3, 0.4) is 0 Å². The normalized spacial score (nSPS) is 12.5. The molecule has 0 heterocycles. The molecule has 1 unspecified atom stereocenters. The lowest BCUT2D eigenvalue weighted by Crippen LogP contribution is -2.40. The second kappa shape index (κ2) is 15.0. The Labute approximate surface area is 182 Å². The van der Waals surface area contributed by atoms with Crippen LogP contribution in [-0.4, -0.2) is 37.4 Å². The highest BCUT2D eigenvalue weighted by Gasteiger charge is 2.11. The smallest absolute Gasteiger partial charge is 0.191 e. The Bertz CT molecular complexity index is 550. The molecule has 0 aromatic heterocycles. The van der Waals surface area contributed by atoms with Gasteiger partial charge in [-0.25, -0.2) is 4.99 Å². The number of aliphatic imine (C=N–C) groups is 1. The lowest BCUT2D eigenvalue weighted by molar-refractivity contribution is 0.243. The molecule has 5 nitrogen and oxygen atoms in total. The number of halogens is 1. The number of benzene rings is 1. The Morgan fingerprint density at radius 2 is 1.96 bits per heavy atom. The Hall–Kier alpha value is -1.02. The first-order valence-electron chi connectivity index (χ1n) is 9.85. The molecule has 1 rings (SSSR count). The molecule has 0 amide bonds. The summed E-state index contributed by atoms with van der Waals surface area (Å²) in [5.41, 5.74) is 2.30. The second-order valence-corrected chi connectivity index (χ2v) is 7.12. The Morgan fingerprint density at radius 3 is 2.52 bits per heavy atom. The molecule has 156 valence electrons. The highest BCUT2D eigenvalue weighted by molar-refractivity contribution is 14.0. The van der Waals surface area contributed by atoms with Crippen molar-refractivity contribution in [3.05, 3.63) is 29.3 Å². The fourth-order valence-corrected chi connectivity index (χ4v) is 3.03. The number of nitrogens with one attached hydrogen (secondary N) is 2. The van der Waals surface area contributed by atoms with E-state index in [9.17, 15) is 5.11 Å². The van der Waals surface area contributed by atoms with Gasteiger partial charge in [0.15, 0.2) is 5.96 Å². The van der Waals surface area contributed by atoms with E-state index in [1.54, 1.807) is 0 Å². The Morgan fingerprint density at radius 1 is 1.22 bits per heavy atom. The van der Waals surface area contributed by atoms with E-state index in [2.05, 4.69) is 50.5 Å². The number of ether oxygens (including phenoxy) is 1. The number of rotatable bonds is 11. The van der Waals surface area contributed by atoms with Gasteiger partial charge in [0.2, 0.25) is 0 Å². The average Bonchev–Trinajstić information content (AvgIpc) is 2.59. The fourth-order valence-electron chi connectivity index (χ4n) is 3.03. The maximum absolute atomic E-state index is 9.27. The molecule has 0 radical (unpaired) electrons. The van der Waals surface area contributed by atoms with Gasteiger partial charge in [0, 0.05) is 19.7 Å². The van der Waals surface area contributed by atoms with Crippen LogP contribution in [0.5, 0.6) is 5.75 Å². The minimum atomic E-state index is 0. The molecule has 0 aliphatic carbocycles. The van der Waals surface area contributed by atoms with Crippen molar-refractivity contribution in [3.63, 3.8) is 0 Å². The maximum Gasteiger partial charge on any atom is 0.191 e. The molecular weight excluding hydrogens is 453 g/mol. The Balaban J connectivity index is 0.00000676. The monoisotopic (exact) mass is 491 g/mol. The van der Waals surface area contributed by atoms with Gasteiger partial charge in [0.1, 0.15) is 5.75 Å². The van der Waals surface area contributed by atoms with Crippen LogP contribution in [0.25, 0.3) is 0 Å². The third-order valence-corrected chi connectivity index (χ3v) is 4.20. The topological polar surface area (TPSA) is 65.9 Å². The molecule has 1 aromatic rings. The quantitative estimate of drug-likeness (QED) is 0.248. The predicted molar refractivity (Wildman–Crippen MR) is 125 cm³/mol. The van der Waals surface area contributed by atoms with Gasteiger partial charge >= 0.3 is 0 Å². The highest BCUT2D eigenvalue weighted by atomic mass is 127. The van der Waals surface area contributed by atoms with Gasteiger partial charge in [0.25, 0.3) is 0 Å². The summed E-state index contributed by atoms with van der Waals surface area (Å²) in [7, 11) is 0. The largest absolute Gasteiger partial charge is 0.494 e. The molecule has 1 atom stereocenters. The van der Waals surface area contributed by atoms with Crippen LogP contribution in [0.2, 0.25) is 0 Å². The number of guanidine groups is 1. The van der Waals surface area contributed by atoms with E-state index in [1.165, 1.54) is 0 Å². The van der Waals surface area contributed by atoms with Crippen molar-refractivity contribution in [2.24, 2.45) is 16.8 Å². The van der Waals surface area contributed by atoms with Crippen LogP contribution in [0.1, 0.15) is 51.7 Å². The zero-order chi connectivity index (χ0) is 19.4. The van der Waals surface area contributed by atoms with Gasteiger partial charge in [-0.05, 0) is 62.6 Å². The average molecular weight is 491 g/mol. The standard InChI is InChI=1S/C21H37N3O2.HI/c1-6-22-21(24-15-19(10-11-25)12-16(3)4)23-14-18-8-9-20(26-7-2)17(5)13-18;/h8-9,13,16,19,25H,6-7,10-12,14-15H2,1-5H3,(H2,22,23,24);1H. The predicted octanol–water partition coefficient (Wildman–Crippen LogP) is 4.11. The van der Waals surface area contributed by atoms with Crippen LogP contribution >= 0.6 is 24.0 Å². The number of nitrogens with zero attached hydrogens (tertiary/aromatic N) is 1. The molecule has 0 saturated heterocycles. The lowest BCUT2D eigenvalue weighted by atomic mass is 9.94. The maximum atomic E-state index is 9.27. The van der Waals surface area contributed by atoms with Crippen LogP contribution < -0.4 is 15.4 Å². The summed E-state index contributed by atoms with van der Waals surface area (Å²) in [6.07, 6.45) is 1.92. The minimum absolute atomic E-state index is 0. The number of aryl methyl sites for hydroxylation is 1. The molecule has 0 saturated carbocycles. The van der Waals surface area contributed by atoms with E-state index >= 15 is 0 Å². The molecule has 3 N–H and O–H groups in total. The van der Waals surface area contributed by atoms with Gasteiger partial charge in [-0.3, -0.25) is 0 Å². The third-order valence-electron chi connectivity index (χ3n) is 4.20. The summed E-state index contributed by atoms with van der Waals surface area (Å²) < 4.78 is 5.59. The van der Waals surface area contributed by atoms with Gasteiger partial charge in [0.05, 0.1) is 13.2 Å². The summed E-state index contributed by atoms with van der Waals surface area (Å²) in [5.74, 6) is 2.84. The van der Waals surface area contributed by atoms with E-state index in [1.807, 2.05) is 13.0 Å². The SMILES string of the molecule is CCNC(=NCc1ccc(OCC)c(C)c1)NCC(CCO)CC(C)C.I. The molecular formula is C21H38IN3O2. The molecule has 0 bridgehead atoms. The number of aliphatic hydroxyl groups excluding tert-OH is 1. The number of hydrogen-bond acceptors (Lipinski definition) is 3. The number of hydrogen-bond donors (Lipinski definition) is 3. The summed E-state index contributed by atoms with van der Waals surface area (Å²) >= 11 is 0. The van der Waals surface area contributed by atoms with Crippen LogP contribution in [0, 0.1) is 18.8 Å². The van der Waals surface area contributed by atoms with Crippen molar-refractivity contribution < 1.29 is 9.84 Å². The molecule has 0 spiro atoms. The summed E-state index contributed by atoms with van der Waals surface area (Å²) in [6.45, 7) is 13.7. The third kappa shape index (κ3) is 10.8. The van der Waals surface area contributed by atoms with Crippen molar-refractivity contribution in [1.82, 2.24) is 10.6 Å². The number of aliphatic hydroxyl groups is 1. The van der Waals surface area contributed by atoms with Crippen molar-refractivity contribution in [1.29, 1.82) is 0 Å². The van der Waals surface area contributed by atoms with E-state index < -0.39 is 0 Å². The van der Waals surface area contributed by atoms with E-state index in [0.29, 0.717) is 25.0 Å². The highest BCUT2D eigenvalue weighted by Crippen LogP contribution is 2.19. The molecule has 1 aromatic carbocycles. The van der Waals surface area contributed by atoms with Gasteiger partial charge in [-0.2, -0.15) is 0 Å². The van der Waals surface area contributed by atoms with Crippen molar-refractivity contribution in [2.75, 3.05) is 26.3 Å². The molecule has 0 aliphatic rings. The van der Waals surface area contributed by atoms with Gasteiger partial charge in [-0.1, -0.05) is 26.0 Å². The molecule has 6 heteroatoms. The van der Waals surface area contributed by atoms with Crippen molar-refractivity contribution in [3.8, 4) is 5.75 Å².